The molecule has 0 saturated heterocycles. The molecule has 0 fully saturated rings. The summed E-state index contributed by atoms with van der Waals surface area (Å²) in [6.45, 7) is 11.7. The number of unbranched alkanes of at least 4 members (excludes halogenated alkanes) is 13. The van der Waals surface area contributed by atoms with Gasteiger partial charge in [0.2, 0.25) is 0 Å². The summed E-state index contributed by atoms with van der Waals surface area (Å²) in [4.78, 5) is 2.59. The Balaban J connectivity index is 0. The van der Waals surface area contributed by atoms with Crippen molar-refractivity contribution in [2.24, 2.45) is 0 Å². The zero-order valence-corrected chi connectivity index (χ0v) is 19.2. The first-order valence-electron chi connectivity index (χ1n) is 11.0. The second-order valence-electron chi connectivity index (χ2n) is 7.46. The number of halogens is 1. The Morgan fingerprint density at radius 2 is 0.875 bits per heavy atom. The molecule has 2 heteroatoms. The van der Waals surface area contributed by atoms with Gasteiger partial charge in [0.1, 0.15) is 0 Å². The Hall–Kier alpha value is 0.440. The lowest BCUT2D eigenvalue weighted by Crippen LogP contribution is -2.32. The second-order valence-corrected chi connectivity index (χ2v) is 7.46. The van der Waals surface area contributed by atoms with E-state index < -0.39 is 0 Å². The average Bonchev–Trinajstić information content (AvgIpc) is 2.56. The fourth-order valence-electron chi connectivity index (χ4n) is 3.66. The van der Waals surface area contributed by atoms with Crippen LogP contribution < -0.4 is 0 Å². The van der Waals surface area contributed by atoms with Crippen molar-refractivity contribution in [1.82, 2.24) is 4.90 Å². The molecule has 0 heterocycles. The van der Waals surface area contributed by atoms with Gasteiger partial charge in [-0.3, -0.25) is 0 Å². The van der Waals surface area contributed by atoms with Crippen molar-refractivity contribution in [3.63, 3.8) is 0 Å². The van der Waals surface area contributed by atoms with Gasteiger partial charge in [0.05, 0.1) is 0 Å². The molecule has 0 rings (SSSR count). The van der Waals surface area contributed by atoms with E-state index in [1.807, 2.05) is 0 Å². The molecular weight excluding hydrogens is 358 g/mol. The highest BCUT2D eigenvalue weighted by atomic mass is 79.9. The highest BCUT2D eigenvalue weighted by Gasteiger charge is 2.08. The Labute approximate surface area is 165 Å². The lowest BCUT2D eigenvalue weighted by Gasteiger charge is -2.26. The third-order valence-corrected chi connectivity index (χ3v) is 5.41. The molecule has 1 nitrogen and oxygen atoms in total. The van der Waals surface area contributed by atoms with Crippen LogP contribution in [0.2, 0.25) is 0 Å². The molecule has 0 aromatic carbocycles. The topological polar surface area (TPSA) is 3.24 Å². The monoisotopic (exact) mass is 405 g/mol. The van der Waals surface area contributed by atoms with Crippen LogP contribution in [0.15, 0.2) is 0 Å². The zero-order valence-electron chi connectivity index (χ0n) is 17.5. The molecule has 0 radical (unpaired) electrons. The minimum atomic E-state index is 0. The van der Waals surface area contributed by atoms with Crippen molar-refractivity contribution in [3.05, 3.63) is 0 Å². The molecular formula is C22H48BrN. The van der Waals surface area contributed by atoms with Crippen LogP contribution in [0.3, 0.4) is 0 Å². The molecule has 0 N–H and O–H groups in total. The Morgan fingerprint density at radius 3 is 1.21 bits per heavy atom. The van der Waals surface area contributed by atoms with E-state index in [1.54, 1.807) is 0 Å². The van der Waals surface area contributed by atoms with Gasteiger partial charge in [0.15, 0.2) is 0 Å². The molecule has 0 bridgehead atoms. The van der Waals surface area contributed by atoms with Gasteiger partial charge in [0.25, 0.3) is 0 Å². The van der Waals surface area contributed by atoms with E-state index in [0.717, 1.165) is 6.04 Å². The van der Waals surface area contributed by atoms with Gasteiger partial charge in [-0.25, -0.2) is 0 Å². The van der Waals surface area contributed by atoms with Crippen LogP contribution in [-0.4, -0.2) is 24.0 Å². The summed E-state index contributed by atoms with van der Waals surface area (Å²) in [5.74, 6) is 0. The van der Waals surface area contributed by atoms with Crippen LogP contribution in [0.1, 0.15) is 124 Å². The van der Waals surface area contributed by atoms with E-state index in [9.17, 15) is 0 Å². The average molecular weight is 407 g/mol. The molecule has 0 aliphatic rings. The van der Waals surface area contributed by atoms with Crippen LogP contribution in [0.5, 0.6) is 0 Å². The van der Waals surface area contributed by atoms with Crippen LogP contribution in [0, 0.1) is 0 Å². The Kier molecular flexibility index (Phi) is 23.9. The lowest BCUT2D eigenvalue weighted by molar-refractivity contribution is 0.217. The number of hydrogen-bond acceptors (Lipinski definition) is 1. The summed E-state index contributed by atoms with van der Waals surface area (Å²) in [5.41, 5.74) is 0. The molecule has 1 atom stereocenters. The number of rotatable bonds is 18. The van der Waals surface area contributed by atoms with E-state index in [1.165, 1.54) is 109 Å². The van der Waals surface area contributed by atoms with Gasteiger partial charge in [-0.2, -0.15) is 0 Å². The molecule has 0 saturated carbocycles. The van der Waals surface area contributed by atoms with Crippen LogP contribution in [0.25, 0.3) is 0 Å². The van der Waals surface area contributed by atoms with E-state index in [-0.39, 0.29) is 17.0 Å². The van der Waals surface area contributed by atoms with E-state index in [2.05, 4.69) is 32.6 Å². The predicted molar refractivity (Wildman–Crippen MR) is 118 cm³/mol. The molecule has 24 heavy (non-hydrogen) atoms. The molecule has 1 unspecified atom stereocenters. The van der Waals surface area contributed by atoms with E-state index in [0.29, 0.717) is 0 Å². The van der Waals surface area contributed by atoms with E-state index >= 15 is 0 Å². The fraction of sp³-hybridized carbons (Fsp3) is 1.00. The molecule has 0 aromatic rings. The zero-order chi connectivity index (χ0) is 17.2. The first-order chi connectivity index (χ1) is 11.3. The van der Waals surface area contributed by atoms with Crippen molar-refractivity contribution >= 4 is 17.0 Å². The smallest absolute Gasteiger partial charge is 0.00666 e. The van der Waals surface area contributed by atoms with Gasteiger partial charge in [-0.05, 0) is 26.4 Å². The van der Waals surface area contributed by atoms with Crippen LogP contribution >= 0.6 is 17.0 Å². The van der Waals surface area contributed by atoms with Crippen molar-refractivity contribution in [3.8, 4) is 0 Å². The molecule has 0 aliphatic heterocycles. The highest BCUT2D eigenvalue weighted by molar-refractivity contribution is 8.93. The molecule has 0 aromatic heterocycles. The van der Waals surface area contributed by atoms with Gasteiger partial charge in [-0.15, -0.1) is 17.0 Å². The highest BCUT2D eigenvalue weighted by Crippen LogP contribution is 2.14. The minimum absolute atomic E-state index is 0. The van der Waals surface area contributed by atoms with Crippen molar-refractivity contribution in [2.45, 2.75) is 130 Å². The second kappa shape index (κ2) is 21.5. The third kappa shape index (κ3) is 17.3. The van der Waals surface area contributed by atoms with Crippen molar-refractivity contribution in [2.75, 3.05) is 13.1 Å². The third-order valence-electron chi connectivity index (χ3n) is 5.41. The van der Waals surface area contributed by atoms with Crippen molar-refractivity contribution < 1.29 is 0 Å². The van der Waals surface area contributed by atoms with Gasteiger partial charge >= 0.3 is 0 Å². The molecule has 0 amide bonds. The SMILES string of the molecule is Br.CCCCCCCCCCCCCCCCC(C)N(CC)CC. The Bertz CT molecular complexity index is 216. The summed E-state index contributed by atoms with van der Waals surface area (Å²) < 4.78 is 0. The van der Waals surface area contributed by atoms with Crippen LogP contribution in [-0.2, 0) is 0 Å². The molecule has 0 aliphatic carbocycles. The maximum atomic E-state index is 2.59. The van der Waals surface area contributed by atoms with Gasteiger partial charge in [0, 0.05) is 6.04 Å². The Morgan fingerprint density at radius 1 is 0.542 bits per heavy atom. The summed E-state index contributed by atoms with van der Waals surface area (Å²) in [6, 6.07) is 0.780. The normalized spacial score (nSPS) is 12.4. The summed E-state index contributed by atoms with van der Waals surface area (Å²) >= 11 is 0. The first kappa shape index (κ1) is 26.7. The predicted octanol–water partition coefficient (Wildman–Crippen LogP) is 8.17. The minimum Gasteiger partial charge on any atom is -0.301 e. The lowest BCUT2D eigenvalue weighted by atomic mass is 10.0. The summed E-state index contributed by atoms with van der Waals surface area (Å²) in [6.07, 6.45) is 21.8. The van der Waals surface area contributed by atoms with Crippen LogP contribution in [0.4, 0.5) is 0 Å². The molecule has 0 spiro atoms. The maximum absolute atomic E-state index is 2.59. The fourth-order valence-corrected chi connectivity index (χ4v) is 3.66. The number of nitrogens with zero attached hydrogens (tertiary/aromatic N) is 1. The first-order valence-corrected chi connectivity index (χ1v) is 11.0. The number of hydrogen-bond donors (Lipinski definition) is 0. The van der Waals surface area contributed by atoms with Crippen molar-refractivity contribution in [1.29, 1.82) is 0 Å². The van der Waals surface area contributed by atoms with Gasteiger partial charge in [-0.1, -0.05) is 111 Å². The maximum Gasteiger partial charge on any atom is 0.00666 e. The molecule has 148 valence electrons. The quantitative estimate of drug-likeness (QED) is 0.208. The summed E-state index contributed by atoms with van der Waals surface area (Å²) in [5, 5.41) is 0. The van der Waals surface area contributed by atoms with Gasteiger partial charge < -0.3 is 4.90 Å². The standard InChI is InChI=1S/C22H47N.BrH/c1-5-8-9-10-11-12-13-14-15-16-17-18-19-20-21-22(4)23(6-2)7-3;/h22H,5-21H2,1-4H3;1H. The largest absolute Gasteiger partial charge is 0.301 e. The summed E-state index contributed by atoms with van der Waals surface area (Å²) in [7, 11) is 0. The van der Waals surface area contributed by atoms with E-state index in [4.69, 9.17) is 0 Å².